The fraction of sp³-hybridized carbons (Fsp3) is 0.462. The molecule has 4 heteroatoms. The molecule has 0 spiro atoms. The summed E-state index contributed by atoms with van der Waals surface area (Å²) in [5.74, 6) is 0. The number of imidazole rings is 1. The summed E-state index contributed by atoms with van der Waals surface area (Å²) in [6, 6.07) is 0. The predicted molar refractivity (Wildman–Crippen MR) is 64.7 cm³/mol. The number of hydrogen-bond donors (Lipinski definition) is 1. The highest BCUT2D eigenvalue weighted by Gasteiger charge is 2.20. The number of nitrogens with one attached hydrogen (secondary N) is 1. The van der Waals surface area contributed by atoms with Gasteiger partial charge in [-0.3, -0.25) is 4.98 Å². The van der Waals surface area contributed by atoms with Gasteiger partial charge in [0.05, 0.1) is 0 Å². The summed E-state index contributed by atoms with van der Waals surface area (Å²) < 4.78 is 2.16. The SMILES string of the molecule is CC(C)(C)N1C=CC=C(C[n+]2cc[nH]c2)C1.[I-]. The van der Waals surface area contributed by atoms with Gasteiger partial charge in [-0.1, -0.05) is 6.08 Å². The van der Waals surface area contributed by atoms with Gasteiger partial charge in [-0.05, 0) is 38.6 Å². The molecular formula is C13H20IN3. The molecule has 0 fully saturated rings. The normalized spacial score (nSPS) is 15.5. The van der Waals surface area contributed by atoms with Crippen molar-refractivity contribution in [3.05, 3.63) is 42.6 Å². The highest BCUT2D eigenvalue weighted by molar-refractivity contribution is 5.19. The van der Waals surface area contributed by atoms with E-state index in [9.17, 15) is 0 Å². The summed E-state index contributed by atoms with van der Waals surface area (Å²) in [7, 11) is 0. The van der Waals surface area contributed by atoms with Gasteiger partial charge in [0.1, 0.15) is 18.9 Å². The van der Waals surface area contributed by atoms with E-state index in [1.165, 1.54) is 5.57 Å². The molecule has 17 heavy (non-hydrogen) atoms. The predicted octanol–water partition coefficient (Wildman–Crippen LogP) is -1.14. The van der Waals surface area contributed by atoms with Crippen LogP contribution in [0.4, 0.5) is 0 Å². The Morgan fingerprint density at radius 3 is 2.76 bits per heavy atom. The molecule has 0 aliphatic carbocycles. The standard InChI is InChI=1S/C13H19N3.HI/c1-13(2,3)16-7-4-5-12(10-16)9-15-8-6-14-11-15;/h4-8,11H,9-10H2,1-3H3;1H. The van der Waals surface area contributed by atoms with Gasteiger partial charge in [-0.15, -0.1) is 0 Å². The monoisotopic (exact) mass is 345 g/mol. The average molecular weight is 345 g/mol. The van der Waals surface area contributed by atoms with E-state index in [4.69, 9.17) is 0 Å². The Morgan fingerprint density at radius 1 is 1.41 bits per heavy atom. The lowest BCUT2D eigenvalue weighted by Gasteiger charge is -2.36. The Bertz CT molecular complexity index is 399. The van der Waals surface area contributed by atoms with Crippen LogP contribution < -0.4 is 28.5 Å². The Balaban J connectivity index is 0.00000144. The van der Waals surface area contributed by atoms with Gasteiger partial charge in [0.25, 0.3) is 0 Å². The lowest BCUT2D eigenvalue weighted by Crippen LogP contribution is -3.00. The number of aromatic amines is 1. The average Bonchev–Trinajstić information content (AvgIpc) is 2.70. The smallest absolute Gasteiger partial charge is 0.241 e. The van der Waals surface area contributed by atoms with Gasteiger partial charge < -0.3 is 28.9 Å². The van der Waals surface area contributed by atoms with Crippen LogP contribution in [-0.4, -0.2) is 22.0 Å². The molecule has 0 radical (unpaired) electrons. The van der Waals surface area contributed by atoms with Crippen LogP contribution in [-0.2, 0) is 6.54 Å². The van der Waals surface area contributed by atoms with Gasteiger partial charge in [0.15, 0.2) is 0 Å². The highest BCUT2D eigenvalue weighted by Crippen LogP contribution is 2.18. The molecule has 1 aliphatic rings. The van der Waals surface area contributed by atoms with Crippen molar-refractivity contribution in [2.75, 3.05) is 6.54 Å². The highest BCUT2D eigenvalue weighted by atomic mass is 127. The summed E-state index contributed by atoms with van der Waals surface area (Å²) >= 11 is 0. The van der Waals surface area contributed by atoms with Crippen molar-refractivity contribution >= 4 is 0 Å². The molecule has 0 bridgehead atoms. The lowest BCUT2D eigenvalue weighted by atomic mass is 10.0. The van der Waals surface area contributed by atoms with Crippen LogP contribution in [0.1, 0.15) is 20.8 Å². The summed E-state index contributed by atoms with van der Waals surface area (Å²) in [5.41, 5.74) is 1.63. The maximum Gasteiger partial charge on any atom is 0.241 e. The summed E-state index contributed by atoms with van der Waals surface area (Å²) in [6.45, 7) is 8.69. The zero-order chi connectivity index (χ0) is 11.6. The topological polar surface area (TPSA) is 22.9 Å². The van der Waals surface area contributed by atoms with Crippen LogP contribution in [0.3, 0.4) is 0 Å². The maximum atomic E-state index is 3.06. The van der Waals surface area contributed by atoms with E-state index in [0.29, 0.717) is 0 Å². The van der Waals surface area contributed by atoms with Crippen molar-refractivity contribution in [1.29, 1.82) is 0 Å². The zero-order valence-corrected chi connectivity index (χ0v) is 12.8. The fourth-order valence-corrected chi connectivity index (χ4v) is 1.82. The van der Waals surface area contributed by atoms with Crippen LogP contribution in [0.25, 0.3) is 0 Å². The van der Waals surface area contributed by atoms with Gasteiger partial charge in [0, 0.05) is 12.1 Å². The van der Waals surface area contributed by atoms with Crippen molar-refractivity contribution in [1.82, 2.24) is 9.88 Å². The molecule has 1 aromatic rings. The molecule has 94 valence electrons. The first-order chi connectivity index (χ1) is 7.55. The minimum Gasteiger partial charge on any atom is -1.00 e. The first-order valence-electron chi connectivity index (χ1n) is 5.70. The summed E-state index contributed by atoms with van der Waals surface area (Å²) in [4.78, 5) is 5.44. The van der Waals surface area contributed by atoms with Crippen molar-refractivity contribution in [2.24, 2.45) is 0 Å². The quantitative estimate of drug-likeness (QED) is 0.532. The molecule has 0 amide bonds. The summed E-state index contributed by atoms with van der Waals surface area (Å²) in [5, 5.41) is 0. The van der Waals surface area contributed by atoms with Crippen molar-refractivity contribution < 1.29 is 28.5 Å². The maximum absolute atomic E-state index is 3.06. The van der Waals surface area contributed by atoms with Gasteiger partial charge in [-0.2, -0.15) is 0 Å². The second-order valence-corrected chi connectivity index (χ2v) is 5.25. The number of rotatable bonds is 2. The number of allylic oxidation sites excluding steroid dienone is 2. The second-order valence-electron chi connectivity index (χ2n) is 5.25. The van der Waals surface area contributed by atoms with Gasteiger partial charge in [-0.25, -0.2) is 4.57 Å². The molecule has 0 atom stereocenters. The molecule has 2 heterocycles. The first-order valence-corrected chi connectivity index (χ1v) is 5.70. The Hall–Kier alpha value is -0.780. The first kappa shape index (κ1) is 14.3. The minimum absolute atomic E-state index is 0. The molecule has 1 N–H and O–H groups in total. The number of hydrogen-bond acceptors (Lipinski definition) is 1. The number of H-pyrrole nitrogens is 1. The summed E-state index contributed by atoms with van der Waals surface area (Å²) in [6.07, 6.45) is 12.5. The third-order valence-corrected chi connectivity index (χ3v) is 2.82. The van der Waals surface area contributed by atoms with Crippen LogP contribution in [0.15, 0.2) is 42.6 Å². The largest absolute Gasteiger partial charge is 1.00 e. The van der Waals surface area contributed by atoms with Crippen LogP contribution in [0, 0.1) is 0 Å². The third-order valence-electron chi connectivity index (χ3n) is 2.82. The molecular weight excluding hydrogens is 325 g/mol. The molecule has 2 rings (SSSR count). The Kier molecular flexibility index (Phi) is 4.80. The van der Waals surface area contributed by atoms with E-state index in [2.05, 4.69) is 59.8 Å². The molecule has 0 saturated carbocycles. The fourth-order valence-electron chi connectivity index (χ4n) is 1.82. The lowest BCUT2D eigenvalue weighted by molar-refractivity contribution is -0.687. The number of nitrogens with zero attached hydrogens (tertiary/aromatic N) is 2. The third kappa shape index (κ3) is 3.87. The minimum atomic E-state index is 0. The molecule has 3 nitrogen and oxygen atoms in total. The van der Waals surface area contributed by atoms with E-state index in [-0.39, 0.29) is 29.5 Å². The molecule has 0 unspecified atom stereocenters. The van der Waals surface area contributed by atoms with E-state index >= 15 is 0 Å². The number of halogens is 1. The second kappa shape index (κ2) is 5.71. The molecule has 0 aromatic carbocycles. The van der Waals surface area contributed by atoms with Crippen LogP contribution >= 0.6 is 0 Å². The molecule has 1 aromatic heterocycles. The number of aromatic nitrogens is 2. The molecule has 1 aliphatic heterocycles. The Morgan fingerprint density at radius 2 is 2.18 bits per heavy atom. The van der Waals surface area contributed by atoms with Gasteiger partial charge >= 0.3 is 0 Å². The Labute approximate surface area is 120 Å². The van der Waals surface area contributed by atoms with Crippen LogP contribution in [0.5, 0.6) is 0 Å². The van der Waals surface area contributed by atoms with Gasteiger partial charge in [0.2, 0.25) is 6.33 Å². The van der Waals surface area contributed by atoms with E-state index < -0.39 is 0 Å². The van der Waals surface area contributed by atoms with Crippen molar-refractivity contribution in [3.8, 4) is 0 Å². The van der Waals surface area contributed by atoms with E-state index in [0.717, 1.165) is 13.1 Å². The molecule has 0 saturated heterocycles. The van der Waals surface area contributed by atoms with E-state index in [1.54, 1.807) is 0 Å². The van der Waals surface area contributed by atoms with Crippen LogP contribution in [0.2, 0.25) is 0 Å². The van der Waals surface area contributed by atoms with Crippen molar-refractivity contribution in [3.63, 3.8) is 0 Å². The van der Waals surface area contributed by atoms with E-state index in [1.807, 2.05) is 12.5 Å². The zero-order valence-electron chi connectivity index (χ0n) is 10.7. The van der Waals surface area contributed by atoms with Crippen molar-refractivity contribution in [2.45, 2.75) is 32.9 Å².